The number of nitrogens with zero attached hydrogens (tertiary/aromatic N) is 3. The molecule has 8 heteroatoms. The van der Waals surface area contributed by atoms with E-state index in [2.05, 4.69) is 15.0 Å². The predicted molar refractivity (Wildman–Crippen MR) is 72.6 cm³/mol. The number of aromatic hydroxyl groups is 2. The lowest BCUT2D eigenvalue weighted by molar-refractivity contribution is 0.403. The van der Waals surface area contributed by atoms with Gasteiger partial charge >= 0.3 is 6.01 Å². The van der Waals surface area contributed by atoms with Gasteiger partial charge in [0.15, 0.2) is 11.5 Å². The van der Waals surface area contributed by atoms with Crippen LogP contribution in [0.4, 0.5) is 8.78 Å². The zero-order chi connectivity index (χ0) is 15.9. The number of benzene rings is 1. The van der Waals surface area contributed by atoms with Crippen molar-refractivity contribution in [3.05, 3.63) is 35.9 Å². The van der Waals surface area contributed by atoms with E-state index in [0.717, 1.165) is 12.1 Å². The summed E-state index contributed by atoms with van der Waals surface area (Å²) in [6.45, 7) is 0. The SMILES string of the molecule is COc1cccc(F)c1-c1nc2nc(O)nc(O)c2cc1F. The van der Waals surface area contributed by atoms with Crippen LogP contribution in [-0.4, -0.2) is 32.3 Å². The van der Waals surface area contributed by atoms with Gasteiger partial charge in [0.25, 0.3) is 0 Å². The molecule has 0 spiro atoms. The number of hydrogen-bond acceptors (Lipinski definition) is 6. The highest BCUT2D eigenvalue weighted by atomic mass is 19.1. The topological polar surface area (TPSA) is 88.4 Å². The lowest BCUT2D eigenvalue weighted by atomic mass is 10.1. The maximum atomic E-state index is 14.3. The molecule has 0 saturated carbocycles. The Balaban J connectivity index is 2.35. The van der Waals surface area contributed by atoms with Gasteiger partial charge in [-0.15, -0.1) is 0 Å². The Morgan fingerprint density at radius 3 is 2.55 bits per heavy atom. The third-order valence-corrected chi connectivity index (χ3v) is 3.04. The van der Waals surface area contributed by atoms with Gasteiger partial charge in [-0.25, -0.2) is 13.8 Å². The fraction of sp³-hybridized carbons (Fsp3) is 0.0714. The van der Waals surface area contributed by atoms with Crippen molar-refractivity contribution in [2.24, 2.45) is 0 Å². The average molecular weight is 305 g/mol. The third kappa shape index (κ3) is 2.14. The first-order chi connectivity index (χ1) is 10.5. The maximum Gasteiger partial charge on any atom is 0.319 e. The highest BCUT2D eigenvalue weighted by Crippen LogP contribution is 2.35. The van der Waals surface area contributed by atoms with Crippen molar-refractivity contribution in [3.8, 4) is 28.9 Å². The van der Waals surface area contributed by atoms with Gasteiger partial charge in [0.05, 0.1) is 18.1 Å². The van der Waals surface area contributed by atoms with E-state index >= 15 is 0 Å². The fourth-order valence-corrected chi connectivity index (χ4v) is 2.08. The Morgan fingerprint density at radius 1 is 1.05 bits per heavy atom. The normalized spacial score (nSPS) is 10.9. The van der Waals surface area contributed by atoms with Gasteiger partial charge in [0, 0.05) is 0 Å². The van der Waals surface area contributed by atoms with E-state index in [0.29, 0.717) is 0 Å². The number of hydrogen-bond donors (Lipinski definition) is 2. The van der Waals surface area contributed by atoms with Crippen molar-refractivity contribution in [2.75, 3.05) is 7.11 Å². The minimum absolute atomic E-state index is 0.0910. The molecule has 22 heavy (non-hydrogen) atoms. The van der Waals surface area contributed by atoms with Crippen molar-refractivity contribution in [1.29, 1.82) is 0 Å². The first-order valence-electron chi connectivity index (χ1n) is 6.10. The fourth-order valence-electron chi connectivity index (χ4n) is 2.08. The molecule has 0 atom stereocenters. The molecule has 0 radical (unpaired) electrons. The number of fused-ring (bicyclic) bond motifs is 1. The Kier molecular flexibility index (Phi) is 3.21. The van der Waals surface area contributed by atoms with Crippen LogP contribution in [0.15, 0.2) is 24.3 Å². The highest BCUT2D eigenvalue weighted by Gasteiger charge is 2.20. The molecule has 2 N–H and O–H groups in total. The molecule has 0 unspecified atom stereocenters. The van der Waals surface area contributed by atoms with E-state index in [9.17, 15) is 19.0 Å². The number of rotatable bonds is 2. The Bertz CT molecular complexity index is 887. The highest BCUT2D eigenvalue weighted by molar-refractivity contribution is 5.84. The molecule has 3 rings (SSSR count). The molecule has 3 aromatic rings. The second-order valence-corrected chi connectivity index (χ2v) is 4.35. The molecule has 6 nitrogen and oxygen atoms in total. The lowest BCUT2D eigenvalue weighted by Crippen LogP contribution is -1.99. The van der Waals surface area contributed by atoms with Gasteiger partial charge < -0.3 is 14.9 Å². The van der Waals surface area contributed by atoms with E-state index in [-0.39, 0.29) is 28.0 Å². The largest absolute Gasteiger partial charge is 0.496 e. The Morgan fingerprint density at radius 2 is 1.82 bits per heavy atom. The molecule has 0 fully saturated rings. The second-order valence-electron chi connectivity index (χ2n) is 4.35. The summed E-state index contributed by atoms with van der Waals surface area (Å²) in [5, 5.41) is 18.8. The minimum Gasteiger partial charge on any atom is -0.496 e. The van der Waals surface area contributed by atoms with Gasteiger partial charge in [0.1, 0.15) is 17.3 Å². The molecule has 2 aromatic heterocycles. The van der Waals surface area contributed by atoms with E-state index in [4.69, 9.17) is 4.74 Å². The summed E-state index contributed by atoms with van der Waals surface area (Å²) in [6.07, 6.45) is 0. The third-order valence-electron chi connectivity index (χ3n) is 3.04. The molecule has 0 aliphatic rings. The lowest BCUT2D eigenvalue weighted by Gasteiger charge is -2.10. The maximum absolute atomic E-state index is 14.3. The van der Waals surface area contributed by atoms with E-state index in [1.165, 1.54) is 19.2 Å². The number of halogens is 2. The second kappa shape index (κ2) is 5.06. The van der Waals surface area contributed by atoms with Crippen LogP contribution in [0.25, 0.3) is 22.3 Å². The molecular weight excluding hydrogens is 296 g/mol. The van der Waals surface area contributed by atoms with E-state index in [1.54, 1.807) is 0 Å². The molecule has 112 valence electrons. The quantitative estimate of drug-likeness (QED) is 0.756. The van der Waals surface area contributed by atoms with Crippen LogP contribution in [0.1, 0.15) is 0 Å². The van der Waals surface area contributed by atoms with Crippen LogP contribution in [-0.2, 0) is 0 Å². The zero-order valence-electron chi connectivity index (χ0n) is 11.2. The molecule has 0 amide bonds. The monoisotopic (exact) mass is 305 g/mol. The van der Waals surface area contributed by atoms with Gasteiger partial charge in [-0.1, -0.05) is 6.07 Å². The molecule has 0 saturated heterocycles. The van der Waals surface area contributed by atoms with Gasteiger partial charge in [-0.05, 0) is 18.2 Å². The van der Waals surface area contributed by atoms with Gasteiger partial charge in [0.2, 0.25) is 5.88 Å². The van der Waals surface area contributed by atoms with Crippen molar-refractivity contribution in [3.63, 3.8) is 0 Å². The van der Waals surface area contributed by atoms with Crippen molar-refractivity contribution < 1.29 is 23.7 Å². The van der Waals surface area contributed by atoms with Crippen molar-refractivity contribution >= 4 is 11.0 Å². The average Bonchev–Trinajstić information content (AvgIpc) is 2.47. The summed E-state index contributed by atoms with van der Waals surface area (Å²) < 4.78 is 33.3. The minimum atomic E-state index is -0.888. The molecular formula is C14H9F2N3O3. The smallest absolute Gasteiger partial charge is 0.319 e. The number of aromatic nitrogens is 3. The Labute approximate surface area is 122 Å². The standard InChI is InChI=1S/C14H9F2N3O3/c1-22-9-4-2-3-7(15)10(9)11-8(16)5-6-12(17-11)18-14(21)19-13(6)20/h2-5H,1H3,(H2,17,18,19,20,21). The number of pyridine rings is 1. The molecule has 1 aromatic carbocycles. The van der Waals surface area contributed by atoms with Crippen molar-refractivity contribution in [1.82, 2.24) is 15.0 Å². The van der Waals surface area contributed by atoms with Crippen LogP contribution in [0.5, 0.6) is 17.6 Å². The summed E-state index contributed by atoms with van der Waals surface area (Å²) in [5.74, 6) is -2.15. The molecule has 0 bridgehead atoms. The summed E-state index contributed by atoms with van der Waals surface area (Å²) >= 11 is 0. The zero-order valence-corrected chi connectivity index (χ0v) is 11.2. The molecule has 2 heterocycles. The van der Waals surface area contributed by atoms with Gasteiger partial charge in [-0.2, -0.15) is 9.97 Å². The summed E-state index contributed by atoms with van der Waals surface area (Å²) in [7, 11) is 1.32. The molecule has 0 aliphatic heterocycles. The number of ether oxygens (including phenoxy) is 1. The number of methoxy groups -OCH3 is 1. The van der Waals surface area contributed by atoms with Gasteiger partial charge in [-0.3, -0.25) is 0 Å². The van der Waals surface area contributed by atoms with E-state index < -0.39 is 23.5 Å². The van der Waals surface area contributed by atoms with Crippen LogP contribution in [0.3, 0.4) is 0 Å². The van der Waals surface area contributed by atoms with E-state index in [1.807, 2.05) is 0 Å². The predicted octanol–water partition coefficient (Wildman–Crippen LogP) is 2.39. The summed E-state index contributed by atoms with van der Waals surface area (Å²) in [6, 6.07) is 4.20. The first-order valence-corrected chi connectivity index (χ1v) is 6.10. The van der Waals surface area contributed by atoms with Crippen LogP contribution < -0.4 is 4.74 Å². The van der Waals surface area contributed by atoms with Crippen molar-refractivity contribution in [2.45, 2.75) is 0 Å². The van der Waals surface area contributed by atoms with Crippen LogP contribution in [0.2, 0.25) is 0 Å². The summed E-state index contributed by atoms with van der Waals surface area (Å²) in [4.78, 5) is 10.8. The summed E-state index contributed by atoms with van der Waals surface area (Å²) in [5.41, 5.74) is -0.700. The van der Waals surface area contributed by atoms with Crippen LogP contribution >= 0.6 is 0 Å². The molecule has 0 aliphatic carbocycles. The first kappa shape index (κ1) is 13.9. The van der Waals surface area contributed by atoms with Crippen LogP contribution in [0, 0.1) is 11.6 Å². The Hall–Kier alpha value is -3.03.